The summed E-state index contributed by atoms with van der Waals surface area (Å²) in [6.45, 7) is 1.27. The molecule has 5 heteroatoms. The molecular weight excluding hydrogens is 208 g/mol. The second-order valence-corrected chi connectivity index (χ2v) is 3.50. The van der Waals surface area contributed by atoms with Crippen molar-refractivity contribution in [3.8, 4) is 0 Å². The summed E-state index contributed by atoms with van der Waals surface area (Å²) in [6, 6.07) is 9.21. The first kappa shape index (κ1) is 10.6. The van der Waals surface area contributed by atoms with Crippen LogP contribution in [0.25, 0.3) is 0 Å². The standard InChI is InChI=1S/C11H12N2O3/c1-8(14)13-11(12-10(15)7-16-13)9-5-3-2-4-6-9/h2-6,11H,7H2,1H3,(H,12,15)/t11-/m0/s1. The molecule has 1 aromatic carbocycles. The van der Waals surface area contributed by atoms with E-state index in [-0.39, 0.29) is 18.4 Å². The maximum atomic E-state index is 11.3. The van der Waals surface area contributed by atoms with Crippen LogP contribution >= 0.6 is 0 Å². The fourth-order valence-corrected chi connectivity index (χ4v) is 1.58. The van der Waals surface area contributed by atoms with E-state index >= 15 is 0 Å². The summed E-state index contributed by atoms with van der Waals surface area (Å²) >= 11 is 0. The van der Waals surface area contributed by atoms with Crippen LogP contribution in [0, 0.1) is 0 Å². The summed E-state index contributed by atoms with van der Waals surface area (Å²) in [5.41, 5.74) is 0.811. The van der Waals surface area contributed by atoms with Crippen molar-refractivity contribution >= 4 is 11.8 Å². The van der Waals surface area contributed by atoms with E-state index in [1.165, 1.54) is 12.0 Å². The van der Waals surface area contributed by atoms with Crippen LogP contribution in [-0.4, -0.2) is 23.5 Å². The average molecular weight is 220 g/mol. The Labute approximate surface area is 93.0 Å². The Morgan fingerprint density at radius 3 is 2.75 bits per heavy atom. The first-order valence-electron chi connectivity index (χ1n) is 4.95. The van der Waals surface area contributed by atoms with Gasteiger partial charge in [0.15, 0.2) is 12.8 Å². The molecule has 2 amide bonds. The highest BCUT2D eigenvalue weighted by Gasteiger charge is 2.30. The number of benzene rings is 1. The summed E-state index contributed by atoms with van der Waals surface area (Å²) < 4.78 is 0. The number of nitrogens with one attached hydrogen (secondary N) is 1. The molecule has 0 saturated carbocycles. The van der Waals surface area contributed by atoms with Gasteiger partial charge in [-0.1, -0.05) is 30.3 Å². The van der Waals surface area contributed by atoms with E-state index in [0.717, 1.165) is 5.56 Å². The Morgan fingerprint density at radius 1 is 1.44 bits per heavy atom. The first-order chi connectivity index (χ1) is 7.68. The monoisotopic (exact) mass is 220 g/mol. The number of hydroxylamine groups is 2. The zero-order valence-electron chi connectivity index (χ0n) is 8.84. The van der Waals surface area contributed by atoms with E-state index in [1.807, 2.05) is 30.3 Å². The fraction of sp³-hybridized carbons (Fsp3) is 0.273. The van der Waals surface area contributed by atoms with Crippen LogP contribution in [0.2, 0.25) is 0 Å². The largest absolute Gasteiger partial charge is 0.328 e. The number of carbonyl (C=O) groups excluding carboxylic acids is 2. The zero-order chi connectivity index (χ0) is 11.5. The molecule has 2 rings (SSSR count). The minimum Gasteiger partial charge on any atom is -0.328 e. The molecule has 0 radical (unpaired) electrons. The van der Waals surface area contributed by atoms with Crippen LogP contribution in [-0.2, 0) is 14.4 Å². The summed E-state index contributed by atoms with van der Waals surface area (Å²) in [5, 5.41) is 3.88. The second kappa shape index (κ2) is 4.32. The molecular formula is C11H12N2O3. The van der Waals surface area contributed by atoms with Crippen LogP contribution in [0.15, 0.2) is 30.3 Å². The van der Waals surface area contributed by atoms with Crippen molar-refractivity contribution in [3.05, 3.63) is 35.9 Å². The average Bonchev–Trinajstić information content (AvgIpc) is 2.29. The Balaban J connectivity index is 2.27. The van der Waals surface area contributed by atoms with E-state index in [1.54, 1.807) is 0 Å². The lowest BCUT2D eigenvalue weighted by atomic mass is 10.1. The molecule has 1 saturated heterocycles. The molecule has 1 fully saturated rings. The highest BCUT2D eigenvalue weighted by molar-refractivity contribution is 5.80. The molecule has 16 heavy (non-hydrogen) atoms. The van der Waals surface area contributed by atoms with Gasteiger partial charge >= 0.3 is 0 Å². The molecule has 0 spiro atoms. The van der Waals surface area contributed by atoms with Crippen molar-refractivity contribution in [2.75, 3.05) is 6.61 Å². The van der Waals surface area contributed by atoms with Gasteiger partial charge in [-0.15, -0.1) is 0 Å². The minimum absolute atomic E-state index is 0.122. The number of rotatable bonds is 1. The lowest BCUT2D eigenvalue weighted by Crippen LogP contribution is -2.50. The molecule has 1 atom stereocenters. The lowest BCUT2D eigenvalue weighted by Gasteiger charge is -2.34. The maximum absolute atomic E-state index is 11.3. The van der Waals surface area contributed by atoms with Crippen molar-refractivity contribution in [2.24, 2.45) is 0 Å². The van der Waals surface area contributed by atoms with Crippen LogP contribution in [0.1, 0.15) is 18.7 Å². The van der Waals surface area contributed by atoms with E-state index in [4.69, 9.17) is 4.84 Å². The molecule has 1 aliphatic rings. The van der Waals surface area contributed by atoms with Gasteiger partial charge in [0.05, 0.1) is 0 Å². The van der Waals surface area contributed by atoms with Crippen molar-refractivity contribution < 1.29 is 14.4 Å². The molecule has 1 heterocycles. The smallest absolute Gasteiger partial charge is 0.250 e. The Kier molecular flexibility index (Phi) is 2.87. The van der Waals surface area contributed by atoms with E-state index < -0.39 is 6.17 Å². The van der Waals surface area contributed by atoms with Crippen molar-refractivity contribution in [1.29, 1.82) is 0 Å². The Hall–Kier alpha value is -1.88. The van der Waals surface area contributed by atoms with Gasteiger partial charge in [0.2, 0.25) is 5.91 Å². The Morgan fingerprint density at radius 2 is 2.12 bits per heavy atom. The molecule has 1 N–H and O–H groups in total. The first-order valence-corrected chi connectivity index (χ1v) is 4.95. The Bertz CT molecular complexity index is 405. The van der Waals surface area contributed by atoms with Crippen LogP contribution in [0.5, 0.6) is 0 Å². The van der Waals surface area contributed by atoms with Crippen LogP contribution in [0.4, 0.5) is 0 Å². The highest BCUT2D eigenvalue weighted by atomic mass is 16.7. The SMILES string of the molecule is CC(=O)N1OCC(=O)N[C@@H]1c1ccccc1. The lowest BCUT2D eigenvalue weighted by molar-refractivity contribution is -0.217. The topological polar surface area (TPSA) is 58.6 Å². The quantitative estimate of drug-likeness (QED) is 0.753. The molecule has 0 aliphatic carbocycles. The van der Waals surface area contributed by atoms with Crippen molar-refractivity contribution in [2.45, 2.75) is 13.1 Å². The normalized spacial score (nSPS) is 20.4. The van der Waals surface area contributed by atoms with Crippen LogP contribution in [0.3, 0.4) is 0 Å². The summed E-state index contributed by atoms with van der Waals surface area (Å²) in [5.74, 6) is -0.472. The maximum Gasteiger partial charge on any atom is 0.250 e. The van der Waals surface area contributed by atoms with Gasteiger partial charge in [0, 0.05) is 6.92 Å². The number of hydrogen-bond donors (Lipinski definition) is 1. The van der Waals surface area contributed by atoms with Crippen molar-refractivity contribution in [3.63, 3.8) is 0 Å². The van der Waals surface area contributed by atoms with E-state index in [9.17, 15) is 9.59 Å². The van der Waals surface area contributed by atoms with Gasteiger partial charge in [-0.25, -0.2) is 0 Å². The molecule has 0 unspecified atom stereocenters. The third-order valence-corrected chi connectivity index (χ3v) is 2.29. The number of carbonyl (C=O) groups is 2. The number of hydrogen-bond acceptors (Lipinski definition) is 3. The van der Waals surface area contributed by atoms with Gasteiger partial charge in [0.25, 0.3) is 5.91 Å². The summed E-state index contributed by atoms with van der Waals surface area (Å²) in [6.07, 6.45) is -0.542. The third kappa shape index (κ3) is 2.04. The van der Waals surface area contributed by atoms with Gasteiger partial charge < -0.3 is 5.32 Å². The molecule has 1 aromatic rings. The predicted molar refractivity (Wildman–Crippen MR) is 55.8 cm³/mol. The molecule has 1 aliphatic heterocycles. The van der Waals surface area contributed by atoms with Gasteiger partial charge in [-0.3, -0.25) is 14.4 Å². The molecule has 0 bridgehead atoms. The molecule has 84 valence electrons. The summed E-state index contributed by atoms with van der Waals surface area (Å²) in [7, 11) is 0. The predicted octanol–water partition coefficient (Wildman–Crippen LogP) is 0.595. The van der Waals surface area contributed by atoms with E-state index in [0.29, 0.717) is 0 Å². The minimum atomic E-state index is -0.542. The van der Waals surface area contributed by atoms with Gasteiger partial charge in [0.1, 0.15) is 0 Å². The molecule has 0 aromatic heterocycles. The number of amides is 2. The highest BCUT2D eigenvalue weighted by Crippen LogP contribution is 2.20. The fourth-order valence-electron chi connectivity index (χ4n) is 1.58. The molecule has 5 nitrogen and oxygen atoms in total. The third-order valence-electron chi connectivity index (χ3n) is 2.29. The van der Waals surface area contributed by atoms with Gasteiger partial charge in [-0.05, 0) is 5.56 Å². The number of nitrogens with zero attached hydrogens (tertiary/aromatic N) is 1. The van der Waals surface area contributed by atoms with E-state index in [2.05, 4.69) is 5.32 Å². The summed E-state index contributed by atoms with van der Waals surface area (Å²) in [4.78, 5) is 27.7. The van der Waals surface area contributed by atoms with Crippen LogP contribution < -0.4 is 5.32 Å². The van der Waals surface area contributed by atoms with Crippen molar-refractivity contribution in [1.82, 2.24) is 10.4 Å². The second-order valence-electron chi connectivity index (χ2n) is 3.50. The van der Waals surface area contributed by atoms with Gasteiger partial charge in [-0.2, -0.15) is 5.06 Å². The zero-order valence-corrected chi connectivity index (χ0v) is 8.84.